The Morgan fingerprint density at radius 3 is 2.60 bits per heavy atom. The van der Waals surface area contributed by atoms with E-state index < -0.39 is 5.91 Å². The Labute approximate surface area is 146 Å². The van der Waals surface area contributed by atoms with E-state index in [2.05, 4.69) is 24.1 Å². The Hall–Kier alpha value is -2.95. The van der Waals surface area contributed by atoms with Crippen LogP contribution in [-0.4, -0.2) is 15.3 Å². The maximum atomic E-state index is 12.6. The molecule has 0 saturated heterocycles. The van der Waals surface area contributed by atoms with Crippen LogP contribution < -0.4 is 10.9 Å². The predicted octanol–water partition coefficient (Wildman–Crippen LogP) is 3.77. The second-order valence-corrected chi connectivity index (χ2v) is 6.22. The zero-order valence-corrected chi connectivity index (χ0v) is 14.6. The molecule has 2 aromatic heterocycles. The Kier molecular flexibility index (Phi) is 4.65. The minimum atomic E-state index is -0.452. The summed E-state index contributed by atoms with van der Waals surface area (Å²) in [6, 6.07) is 13.1. The highest BCUT2D eigenvalue weighted by molar-refractivity contribution is 6.03. The molecule has 0 fully saturated rings. The molecule has 0 bridgehead atoms. The van der Waals surface area contributed by atoms with Gasteiger partial charge in [0, 0.05) is 17.6 Å². The van der Waals surface area contributed by atoms with Crippen LogP contribution in [0.5, 0.6) is 0 Å². The first-order valence-corrected chi connectivity index (χ1v) is 8.40. The summed E-state index contributed by atoms with van der Waals surface area (Å²) < 4.78 is 1.45. The molecular formula is C20H21N3O2. The van der Waals surface area contributed by atoms with Gasteiger partial charge >= 0.3 is 0 Å². The third kappa shape index (κ3) is 3.31. The number of aromatic nitrogens is 2. The molecule has 0 radical (unpaired) electrons. The topological polar surface area (TPSA) is 63.5 Å². The molecule has 5 heteroatoms. The molecule has 0 spiro atoms. The van der Waals surface area contributed by atoms with Crippen molar-refractivity contribution >= 4 is 17.2 Å². The molecule has 25 heavy (non-hydrogen) atoms. The van der Waals surface area contributed by atoms with Gasteiger partial charge in [0.1, 0.15) is 11.2 Å². The number of nitrogens with one attached hydrogen (secondary N) is 1. The van der Waals surface area contributed by atoms with Gasteiger partial charge in [0.2, 0.25) is 0 Å². The van der Waals surface area contributed by atoms with Crippen molar-refractivity contribution in [1.82, 2.24) is 9.38 Å². The van der Waals surface area contributed by atoms with Crippen LogP contribution in [0.15, 0.2) is 53.5 Å². The average molecular weight is 335 g/mol. The fraction of sp³-hybridized carbons (Fsp3) is 0.250. The van der Waals surface area contributed by atoms with Crippen LogP contribution >= 0.6 is 0 Å². The highest BCUT2D eigenvalue weighted by Gasteiger charge is 2.14. The van der Waals surface area contributed by atoms with Gasteiger partial charge in [-0.05, 0) is 49.1 Å². The normalized spacial score (nSPS) is 12.1. The van der Waals surface area contributed by atoms with Crippen molar-refractivity contribution in [3.05, 3.63) is 75.8 Å². The molecule has 2 heterocycles. The first kappa shape index (κ1) is 16.9. The van der Waals surface area contributed by atoms with Crippen LogP contribution in [0.1, 0.15) is 47.8 Å². The molecule has 1 amide bonds. The number of pyridine rings is 1. The third-order valence-corrected chi connectivity index (χ3v) is 4.52. The number of benzene rings is 1. The summed E-state index contributed by atoms with van der Waals surface area (Å²) in [5.41, 5.74) is 2.81. The van der Waals surface area contributed by atoms with Crippen molar-refractivity contribution in [2.24, 2.45) is 0 Å². The molecule has 0 aliphatic carbocycles. The van der Waals surface area contributed by atoms with Gasteiger partial charge in [0.25, 0.3) is 11.5 Å². The van der Waals surface area contributed by atoms with Crippen molar-refractivity contribution in [1.29, 1.82) is 0 Å². The molecule has 1 unspecified atom stereocenters. The second kappa shape index (κ2) is 6.89. The van der Waals surface area contributed by atoms with Crippen molar-refractivity contribution in [3.8, 4) is 0 Å². The summed E-state index contributed by atoms with van der Waals surface area (Å²) in [6.45, 7) is 6.12. The Balaban J connectivity index is 1.89. The Morgan fingerprint density at radius 2 is 1.92 bits per heavy atom. The first-order valence-electron chi connectivity index (χ1n) is 8.40. The van der Waals surface area contributed by atoms with Crippen molar-refractivity contribution in [2.75, 3.05) is 5.32 Å². The number of amides is 1. The average Bonchev–Trinajstić information content (AvgIpc) is 2.62. The summed E-state index contributed by atoms with van der Waals surface area (Å²) in [4.78, 5) is 29.3. The number of hydrogen-bond donors (Lipinski definition) is 1. The van der Waals surface area contributed by atoms with Crippen LogP contribution in [0.4, 0.5) is 5.69 Å². The number of anilines is 1. The fourth-order valence-electron chi connectivity index (χ4n) is 2.76. The smallest absolute Gasteiger partial charge is 0.270 e. The van der Waals surface area contributed by atoms with Gasteiger partial charge in [-0.1, -0.05) is 32.0 Å². The van der Waals surface area contributed by atoms with E-state index in [-0.39, 0.29) is 11.1 Å². The van der Waals surface area contributed by atoms with Gasteiger partial charge < -0.3 is 5.32 Å². The molecule has 0 aliphatic heterocycles. The zero-order chi connectivity index (χ0) is 18.0. The number of hydrogen-bond acceptors (Lipinski definition) is 3. The molecule has 1 atom stereocenters. The number of carbonyl (C=O) groups excluding carboxylic acids is 1. The predicted molar refractivity (Wildman–Crippen MR) is 99.3 cm³/mol. The van der Waals surface area contributed by atoms with E-state index in [9.17, 15) is 9.59 Å². The summed E-state index contributed by atoms with van der Waals surface area (Å²) >= 11 is 0. The van der Waals surface area contributed by atoms with Gasteiger partial charge in [0.15, 0.2) is 0 Å². The van der Waals surface area contributed by atoms with Crippen LogP contribution in [0, 0.1) is 6.92 Å². The van der Waals surface area contributed by atoms with E-state index >= 15 is 0 Å². The maximum absolute atomic E-state index is 12.6. The Morgan fingerprint density at radius 1 is 1.20 bits per heavy atom. The summed E-state index contributed by atoms with van der Waals surface area (Å²) in [6.07, 6.45) is 2.39. The highest BCUT2D eigenvalue weighted by atomic mass is 16.2. The summed E-state index contributed by atoms with van der Waals surface area (Å²) in [5, 5.41) is 2.78. The first-order chi connectivity index (χ1) is 12.0. The van der Waals surface area contributed by atoms with Gasteiger partial charge in [0.05, 0.1) is 0 Å². The van der Waals surface area contributed by atoms with Crippen LogP contribution in [0.3, 0.4) is 0 Å². The van der Waals surface area contributed by atoms with Crippen LogP contribution in [-0.2, 0) is 0 Å². The lowest BCUT2D eigenvalue weighted by molar-refractivity contribution is 0.102. The highest BCUT2D eigenvalue weighted by Crippen LogP contribution is 2.20. The van der Waals surface area contributed by atoms with Crippen molar-refractivity contribution in [2.45, 2.75) is 33.1 Å². The molecular weight excluding hydrogens is 314 g/mol. The molecule has 0 saturated carbocycles. The third-order valence-electron chi connectivity index (χ3n) is 4.52. The Bertz CT molecular complexity index is 974. The van der Waals surface area contributed by atoms with Crippen molar-refractivity contribution in [3.63, 3.8) is 0 Å². The number of fused-ring (bicyclic) bond motifs is 1. The fourth-order valence-corrected chi connectivity index (χ4v) is 2.76. The molecule has 0 aliphatic rings. The molecule has 128 valence electrons. The monoisotopic (exact) mass is 335 g/mol. The molecule has 3 rings (SSSR count). The quantitative estimate of drug-likeness (QED) is 0.789. The number of carbonyl (C=O) groups is 1. The maximum Gasteiger partial charge on any atom is 0.270 e. The minimum Gasteiger partial charge on any atom is -0.322 e. The van der Waals surface area contributed by atoms with Gasteiger partial charge in [-0.3, -0.25) is 14.0 Å². The van der Waals surface area contributed by atoms with Gasteiger partial charge in [-0.2, -0.15) is 0 Å². The van der Waals surface area contributed by atoms with E-state index in [1.165, 1.54) is 16.2 Å². The second-order valence-electron chi connectivity index (χ2n) is 6.22. The molecule has 3 aromatic rings. The lowest BCUT2D eigenvalue weighted by Crippen LogP contribution is -2.27. The van der Waals surface area contributed by atoms with E-state index in [0.717, 1.165) is 12.1 Å². The van der Waals surface area contributed by atoms with E-state index in [1.807, 2.05) is 43.3 Å². The van der Waals surface area contributed by atoms with E-state index in [0.29, 0.717) is 17.3 Å². The van der Waals surface area contributed by atoms with Crippen LogP contribution in [0.25, 0.3) is 5.65 Å². The molecule has 1 N–H and O–H groups in total. The van der Waals surface area contributed by atoms with Gasteiger partial charge in [-0.15, -0.1) is 0 Å². The van der Waals surface area contributed by atoms with Gasteiger partial charge in [-0.25, -0.2) is 4.98 Å². The SMILES string of the molecule is CCC(C)c1ccc(NC(=O)c2cnc3cccc(C)n3c2=O)cc1. The van der Waals surface area contributed by atoms with Crippen LogP contribution in [0.2, 0.25) is 0 Å². The lowest BCUT2D eigenvalue weighted by atomic mass is 9.99. The van der Waals surface area contributed by atoms with Crippen molar-refractivity contribution < 1.29 is 4.79 Å². The number of rotatable bonds is 4. The largest absolute Gasteiger partial charge is 0.322 e. The van der Waals surface area contributed by atoms with E-state index in [4.69, 9.17) is 0 Å². The molecule has 5 nitrogen and oxygen atoms in total. The number of nitrogens with zero attached hydrogens (tertiary/aromatic N) is 2. The zero-order valence-electron chi connectivity index (χ0n) is 14.6. The van der Waals surface area contributed by atoms with E-state index in [1.54, 1.807) is 6.07 Å². The number of aryl methyl sites for hydroxylation is 1. The molecule has 1 aromatic carbocycles. The standard InChI is InChI=1S/C20H21N3O2/c1-4-13(2)15-8-10-16(11-9-15)22-19(24)17-12-21-18-7-5-6-14(3)23(18)20(17)25/h5-13H,4H2,1-3H3,(H,22,24). The minimum absolute atomic E-state index is 0.0257. The summed E-state index contributed by atoms with van der Waals surface area (Å²) in [7, 11) is 0. The summed E-state index contributed by atoms with van der Waals surface area (Å²) in [5.74, 6) is 0.0218. The lowest BCUT2D eigenvalue weighted by Gasteiger charge is -2.11.